The van der Waals surface area contributed by atoms with E-state index >= 15 is 0 Å². The van der Waals surface area contributed by atoms with E-state index in [0.717, 1.165) is 35.0 Å². The zero-order valence-corrected chi connectivity index (χ0v) is 15.0. The minimum atomic E-state index is -0.963. The van der Waals surface area contributed by atoms with Crippen LogP contribution >= 0.6 is 0 Å². The van der Waals surface area contributed by atoms with E-state index in [1.165, 1.54) is 5.52 Å². The van der Waals surface area contributed by atoms with E-state index in [4.69, 9.17) is 0 Å². The van der Waals surface area contributed by atoms with E-state index in [9.17, 15) is 9.90 Å². The van der Waals surface area contributed by atoms with Gasteiger partial charge < -0.3 is 15.0 Å². The Labute approximate surface area is 148 Å². The van der Waals surface area contributed by atoms with Crippen LogP contribution in [0.3, 0.4) is 0 Å². The number of hydrogen-bond donors (Lipinski definition) is 2. The van der Waals surface area contributed by atoms with Crippen molar-refractivity contribution < 1.29 is 9.90 Å². The van der Waals surface area contributed by atoms with Gasteiger partial charge in [-0.25, -0.2) is 4.79 Å². The summed E-state index contributed by atoms with van der Waals surface area (Å²) in [6.45, 7) is 5.91. The molecule has 1 fully saturated rings. The van der Waals surface area contributed by atoms with Gasteiger partial charge in [-0.1, -0.05) is 18.1 Å². The van der Waals surface area contributed by atoms with E-state index in [1.807, 2.05) is 38.4 Å². The van der Waals surface area contributed by atoms with Gasteiger partial charge in [0.15, 0.2) is 0 Å². The Balaban J connectivity index is 1.89. The SMILES string of the molecule is Bc1cc(NC(=C)/C(=C\C(=C/C)C2CC2)C(=O)O)cc2ccn(C)c12. The molecule has 1 heterocycles. The molecule has 3 rings (SSSR count). The van der Waals surface area contributed by atoms with Gasteiger partial charge in [-0.3, -0.25) is 0 Å². The second-order valence-corrected chi connectivity index (χ2v) is 6.69. The molecule has 1 aromatic carbocycles. The topological polar surface area (TPSA) is 54.3 Å². The first-order valence-electron chi connectivity index (χ1n) is 8.54. The number of aliphatic carboxylic acids is 1. The van der Waals surface area contributed by atoms with Crippen molar-refractivity contribution in [2.45, 2.75) is 19.8 Å². The van der Waals surface area contributed by atoms with Gasteiger partial charge in [0, 0.05) is 35.5 Å². The van der Waals surface area contributed by atoms with Gasteiger partial charge in [0.2, 0.25) is 0 Å². The third-order valence-electron chi connectivity index (χ3n) is 4.70. The maximum Gasteiger partial charge on any atom is 0.337 e. The molecule has 1 aliphatic rings. The van der Waals surface area contributed by atoms with Crippen LogP contribution in [0.25, 0.3) is 10.9 Å². The molecular weight excluding hydrogens is 311 g/mol. The molecule has 0 radical (unpaired) electrons. The number of rotatable bonds is 6. The first-order chi connectivity index (χ1) is 11.9. The maximum atomic E-state index is 11.7. The van der Waals surface area contributed by atoms with Crippen molar-refractivity contribution in [1.29, 1.82) is 0 Å². The second kappa shape index (κ2) is 6.67. The number of aryl methyl sites for hydroxylation is 1. The third kappa shape index (κ3) is 3.55. The summed E-state index contributed by atoms with van der Waals surface area (Å²) in [5.74, 6) is -0.468. The van der Waals surface area contributed by atoms with Crippen LogP contribution in [-0.2, 0) is 11.8 Å². The lowest BCUT2D eigenvalue weighted by Crippen LogP contribution is -2.13. The Bertz CT molecular complexity index is 917. The molecule has 0 aliphatic heterocycles. The zero-order chi connectivity index (χ0) is 18.1. The van der Waals surface area contributed by atoms with Crippen LogP contribution in [-0.4, -0.2) is 23.5 Å². The first kappa shape index (κ1) is 17.1. The molecule has 1 saturated carbocycles. The molecule has 5 heteroatoms. The smallest absolute Gasteiger partial charge is 0.337 e. The van der Waals surface area contributed by atoms with Crippen molar-refractivity contribution in [1.82, 2.24) is 4.57 Å². The molecule has 1 aliphatic carbocycles. The molecule has 2 aromatic rings. The van der Waals surface area contributed by atoms with Gasteiger partial charge in [0.1, 0.15) is 7.85 Å². The molecule has 0 bridgehead atoms. The van der Waals surface area contributed by atoms with Gasteiger partial charge in [-0.2, -0.15) is 0 Å². The van der Waals surface area contributed by atoms with Gasteiger partial charge in [0.05, 0.1) is 5.57 Å². The second-order valence-electron chi connectivity index (χ2n) is 6.69. The number of hydrogen-bond acceptors (Lipinski definition) is 2. The van der Waals surface area contributed by atoms with Crippen LogP contribution in [0, 0.1) is 5.92 Å². The number of carboxylic acid groups (broad SMARTS) is 1. The van der Waals surface area contributed by atoms with Crippen LogP contribution in [0.1, 0.15) is 19.8 Å². The largest absolute Gasteiger partial charge is 0.478 e. The molecule has 0 unspecified atom stereocenters. The van der Waals surface area contributed by atoms with E-state index < -0.39 is 5.97 Å². The van der Waals surface area contributed by atoms with Crippen LogP contribution in [0.2, 0.25) is 0 Å². The highest BCUT2D eigenvalue weighted by atomic mass is 16.4. The van der Waals surface area contributed by atoms with Crippen molar-refractivity contribution in [2.75, 3.05) is 5.32 Å². The number of allylic oxidation sites excluding steroid dienone is 3. The lowest BCUT2D eigenvalue weighted by molar-refractivity contribution is -0.132. The number of carboxylic acids is 1. The maximum absolute atomic E-state index is 11.7. The lowest BCUT2D eigenvalue weighted by Gasteiger charge is -2.13. The van der Waals surface area contributed by atoms with Crippen LogP contribution < -0.4 is 10.8 Å². The molecule has 4 nitrogen and oxygen atoms in total. The highest BCUT2D eigenvalue weighted by Gasteiger charge is 2.25. The normalized spacial score (nSPS) is 15.4. The van der Waals surface area contributed by atoms with Crippen LogP contribution in [0.4, 0.5) is 5.69 Å². The van der Waals surface area contributed by atoms with Gasteiger partial charge >= 0.3 is 5.97 Å². The summed E-state index contributed by atoms with van der Waals surface area (Å²) in [6.07, 6.45) is 8.03. The Hall–Kier alpha value is -2.69. The minimum absolute atomic E-state index is 0.214. The van der Waals surface area contributed by atoms with E-state index in [2.05, 4.69) is 30.4 Å². The molecule has 0 spiro atoms. The van der Waals surface area contributed by atoms with E-state index in [1.54, 1.807) is 6.08 Å². The molecule has 128 valence electrons. The van der Waals surface area contributed by atoms with Crippen molar-refractivity contribution in [2.24, 2.45) is 13.0 Å². The number of fused-ring (bicyclic) bond motifs is 1. The Morgan fingerprint density at radius 1 is 1.44 bits per heavy atom. The molecule has 1 aromatic heterocycles. The summed E-state index contributed by atoms with van der Waals surface area (Å²) in [5, 5.41) is 13.9. The third-order valence-corrected chi connectivity index (χ3v) is 4.70. The number of anilines is 1. The summed E-state index contributed by atoms with van der Waals surface area (Å²) in [4.78, 5) is 11.7. The molecule has 0 atom stereocenters. The molecule has 2 N–H and O–H groups in total. The van der Waals surface area contributed by atoms with Crippen molar-refractivity contribution >= 4 is 35.9 Å². The fourth-order valence-electron chi connectivity index (χ4n) is 3.29. The van der Waals surface area contributed by atoms with Crippen molar-refractivity contribution in [3.05, 3.63) is 60.0 Å². The summed E-state index contributed by atoms with van der Waals surface area (Å²) in [5.41, 5.74) is 4.85. The lowest BCUT2D eigenvalue weighted by atomic mass is 9.93. The van der Waals surface area contributed by atoms with E-state index in [0.29, 0.717) is 11.6 Å². The summed E-state index contributed by atoms with van der Waals surface area (Å²) in [6, 6.07) is 6.09. The summed E-state index contributed by atoms with van der Waals surface area (Å²) < 4.78 is 2.08. The molecule has 0 amide bonds. The monoisotopic (exact) mass is 334 g/mol. The summed E-state index contributed by atoms with van der Waals surface area (Å²) in [7, 11) is 4.07. The average molecular weight is 334 g/mol. The highest BCUT2D eigenvalue weighted by molar-refractivity contribution is 6.38. The number of benzene rings is 1. The van der Waals surface area contributed by atoms with Crippen molar-refractivity contribution in [3.63, 3.8) is 0 Å². The Morgan fingerprint density at radius 3 is 2.76 bits per heavy atom. The fourth-order valence-corrected chi connectivity index (χ4v) is 3.29. The van der Waals surface area contributed by atoms with Gasteiger partial charge in [-0.05, 0) is 55.5 Å². The van der Waals surface area contributed by atoms with Crippen molar-refractivity contribution in [3.8, 4) is 0 Å². The average Bonchev–Trinajstić information content (AvgIpc) is 3.31. The molecule has 0 saturated heterocycles. The van der Waals surface area contributed by atoms with E-state index in [-0.39, 0.29) is 5.57 Å². The predicted octanol–water partition coefficient (Wildman–Crippen LogP) is 2.73. The number of aromatic nitrogens is 1. The van der Waals surface area contributed by atoms with Crippen LogP contribution in [0.15, 0.2) is 60.0 Å². The van der Waals surface area contributed by atoms with Gasteiger partial charge in [-0.15, -0.1) is 0 Å². The standard InChI is InChI=1S/C20H23BN2O2/c1-4-13(14-5-6-14)10-17(20(24)25)12(2)22-16-9-15-7-8-23(3)19(15)18(21)11-16/h4,7-11,14,22H,2,5-6,21H2,1,3H3,(H,24,25)/b13-4+,17-10+. The highest BCUT2D eigenvalue weighted by Crippen LogP contribution is 2.38. The first-order valence-corrected chi connectivity index (χ1v) is 8.54. The Kier molecular flexibility index (Phi) is 4.58. The van der Waals surface area contributed by atoms with Gasteiger partial charge in [0.25, 0.3) is 0 Å². The fraction of sp³-hybridized carbons (Fsp3) is 0.250. The number of carbonyl (C=O) groups is 1. The summed E-state index contributed by atoms with van der Waals surface area (Å²) >= 11 is 0. The predicted molar refractivity (Wildman–Crippen MR) is 106 cm³/mol. The number of nitrogens with one attached hydrogen (secondary N) is 1. The minimum Gasteiger partial charge on any atom is -0.478 e. The van der Waals surface area contributed by atoms with Crippen LogP contribution in [0.5, 0.6) is 0 Å². The Morgan fingerprint density at radius 2 is 2.16 bits per heavy atom. The number of nitrogens with zero attached hydrogens (tertiary/aromatic N) is 1. The zero-order valence-electron chi connectivity index (χ0n) is 15.0. The quantitative estimate of drug-likeness (QED) is 0.485. The molecular formula is C20H23BN2O2. The molecule has 25 heavy (non-hydrogen) atoms.